The quantitative estimate of drug-likeness (QED) is 0.763. The van der Waals surface area contributed by atoms with Crippen LogP contribution in [0, 0.1) is 6.92 Å². The lowest BCUT2D eigenvalue weighted by molar-refractivity contribution is 0.0952. The number of halogens is 1. The van der Waals surface area contributed by atoms with Gasteiger partial charge in [0.05, 0.1) is 6.26 Å². The van der Waals surface area contributed by atoms with Crippen molar-refractivity contribution in [3.05, 3.63) is 33.8 Å². The van der Waals surface area contributed by atoms with Gasteiger partial charge < -0.3 is 5.32 Å². The molecule has 0 heterocycles. The standard InChI is InChI=1S/C12H17BrN2O3S/c1-9-10(5-3-6-11(9)13)12(16)14-7-4-8-15-19(2,17)18/h3,5-6,15H,4,7-8H2,1-2H3,(H,14,16). The number of benzene rings is 1. The van der Waals surface area contributed by atoms with Crippen molar-refractivity contribution in [2.45, 2.75) is 13.3 Å². The van der Waals surface area contributed by atoms with Gasteiger partial charge in [-0.05, 0) is 31.0 Å². The van der Waals surface area contributed by atoms with Gasteiger partial charge in [0.25, 0.3) is 5.91 Å². The van der Waals surface area contributed by atoms with Gasteiger partial charge in [0.2, 0.25) is 10.0 Å². The van der Waals surface area contributed by atoms with E-state index in [0.717, 1.165) is 16.3 Å². The van der Waals surface area contributed by atoms with Gasteiger partial charge in [-0.3, -0.25) is 4.79 Å². The van der Waals surface area contributed by atoms with Crippen LogP contribution in [-0.2, 0) is 10.0 Å². The molecule has 0 saturated carbocycles. The highest BCUT2D eigenvalue weighted by molar-refractivity contribution is 9.10. The van der Waals surface area contributed by atoms with Crippen molar-refractivity contribution in [3.63, 3.8) is 0 Å². The first-order chi connectivity index (χ1) is 8.81. The first-order valence-electron chi connectivity index (χ1n) is 5.79. The summed E-state index contributed by atoms with van der Waals surface area (Å²) in [6.07, 6.45) is 1.66. The van der Waals surface area contributed by atoms with Crippen molar-refractivity contribution in [3.8, 4) is 0 Å². The molecule has 1 rings (SSSR count). The van der Waals surface area contributed by atoms with E-state index in [1.54, 1.807) is 12.1 Å². The molecule has 0 aromatic heterocycles. The summed E-state index contributed by atoms with van der Waals surface area (Å²) >= 11 is 3.37. The lowest BCUT2D eigenvalue weighted by Crippen LogP contribution is -2.29. The predicted octanol–water partition coefficient (Wildman–Crippen LogP) is 1.43. The third-order valence-corrected chi connectivity index (χ3v) is 4.10. The highest BCUT2D eigenvalue weighted by atomic mass is 79.9. The van der Waals surface area contributed by atoms with Crippen LogP contribution in [0.15, 0.2) is 22.7 Å². The van der Waals surface area contributed by atoms with Crippen LogP contribution >= 0.6 is 15.9 Å². The van der Waals surface area contributed by atoms with Crippen LogP contribution in [0.1, 0.15) is 22.3 Å². The summed E-state index contributed by atoms with van der Waals surface area (Å²) in [4.78, 5) is 11.9. The Kier molecular flexibility index (Phi) is 5.96. The second-order valence-corrected chi connectivity index (χ2v) is 6.88. The fourth-order valence-electron chi connectivity index (χ4n) is 1.50. The third kappa shape index (κ3) is 5.71. The van der Waals surface area contributed by atoms with Crippen LogP contribution < -0.4 is 10.0 Å². The largest absolute Gasteiger partial charge is 0.352 e. The molecule has 0 aliphatic carbocycles. The summed E-state index contributed by atoms with van der Waals surface area (Å²) in [5.74, 6) is -0.154. The minimum Gasteiger partial charge on any atom is -0.352 e. The molecule has 0 fully saturated rings. The van der Waals surface area contributed by atoms with E-state index in [9.17, 15) is 13.2 Å². The van der Waals surface area contributed by atoms with E-state index in [2.05, 4.69) is 26.0 Å². The van der Waals surface area contributed by atoms with Crippen molar-refractivity contribution in [1.82, 2.24) is 10.0 Å². The number of carbonyl (C=O) groups excluding carboxylic acids is 1. The Hall–Kier alpha value is -0.920. The third-order valence-electron chi connectivity index (χ3n) is 2.52. The molecule has 1 aromatic rings. The maximum atomic E-state index is 11.9. The number of sulfonamides is 1. The zero-order valence-electron chi connectivity index (χ0n) is 10.9. The molecule has 0 aliphatic rings. The molecule has 0 spiro atoms. The summed E-state index contributed by atoms with van der Waals surface area (Å²) in [7, 11) is -3.16. The highest BCUT2D eigenvalue weighted by Gasteiger charge is 2.09. The molecule has 1 amide bonds. The van der Waals surface area contributed by atoms with E-state index in [1.807, 2.05) is 13.0 Å². The fraction of sp³-hybridized carbons (Fsp3) is 0.417. The normalized spacial score (nSPS) is 11.3. The topological polar surface area (TPSA) is 75.3 Å². The van der Waals surface area contributed by atoms with Crippen LogP contribution in [0.3, 0.4) is 0 Å². The maximum Gasteiger partial charge on any atom is 0.251 e. The summed E-state index contributed by atoms with van der Waals surface area (Å²) in [5.41, 5.74) is 1.50. The Labute approximate surface area is 122 Å². The van der Waals surface area contributed by atoms with Gasteiger partial charge in [0, 0.05) is 23.1 Å². The van der Waals surface area contributed by atoms with E-state index in [-0.39, 0.29) is 5.91 Å². The Morgan fingerprint density at radius 3 is 2.63 bits per heavy atom. The molecular weight excluding hydrogens is 332 g/mol. The lowest BCUT2D eigenvalue weighted by atomic mass is 10.1. The SMILES string of the molecule is Cc1c(Br)cccc1C(=O)NCCCNS(C)(=O)=O. The van der Waals surface area contributed by atoms with Gasteiger partial charge in [-0.1, -0.05) is 22.0 Å². The number of amides is 1. The van der Waals surface area contributed by atoms with E-state index in [1.165, 1.54) is 0 Å². The molecular formula is C12H17BrN2O3S. The first kappa shape index (κ1) is 16.1. The molecule has 106 valence electrons. The molecule has 0 aliphatic heterocycles. The van der Waals surface area contributed by atoms with Gasteiger partial charge in [-0.15, -0.1) is 0 Å². The predicted molar refractivity (Wildman–Crippen MR) is 78.7 cm³/mol. The van der Waals surface area contributed by atoms with Crippen LogP contribution in [0.4, 0.5) is 0 Å². The molecule has 0 atom stereocenters. The Bertz CT molecular complexity index is 558. The Morgan fingerprint density at radius 2 is 2.00 bits per heavy atom. The molecule has 1 aromatic carbocycles. The van der Waals surface area contributed by atoms with Gasteiger partial charge in [-0.2, -0.15) is 0 Å². The van der Waals surface area contributed by atoms with E-state index < -0.39 is 10.0 Å². The van der Waals surface area contributed by atoms with Crippen LogP contribution in [-0.4, -0.2) is 33.7 Å². The second-order valence-electron chi connectivity index (χ2n) is 4.19. The molecule has 19 heavy (non-hydrogen) atoms. The summed E-state index contributed by atoms with van der Waals surface area (Å²) in [5, 5.41) is 2.76. The maximum absolute atomic E-state index is 11.9. The molecule has 0 radical (unpaired) electrons. The van der Waals surface area contributed by atoms with Crippen molar-refractivity contribution < 1.29 is 13.2 Å². The van der Waals surface area contributed by atoms with Gasteiger partial charge in [0.15, 0.2) is 0 Å². The number of nitrogens with one attached hydrogen (secondary N) is 2. The molecule has 0 bridgehead atoms. The zero-order chi connectivity index (χ0) is 14.5. The number of hydrogen-bond acceptors (Lipinski definition) is 3. The average Bonchev–Trinajstić information content (AvgIpc) is 2.30. The second kappa shape index (κ2) is 7.02. The summed E-state index contributed by atoms with van der Waals surface area (Å²) in [6.45, 7) is 2.61. The smallest absolute Gasteiger partial charge is 0.251 e. The highest BCUT2D eigenvalue weighted by Crippen LogP contribution is 2.19. The van der Waals surface area contributed by atoms with Crippen molar-refractivity contribution in [2.75, 3.05) is 19.3 Å². The van der Waals surface area contributed by atoms with Gasteiger partial charge >= 0.3 is 0 Å². The van der Waals surface area contributed by atoms with Gasteiger partial charge in [0.1, 0.15) is 0 Å². The number of carbonyl (C=O) groups is 1. The van der Waals surface area contributed by atoms with Crippen molar-refractivity contribution in [1.29, 1.82) is 0 Å². The van der Waals surface area contributed by atoms with E-state index in [0.29, 0.717) is 25.1 Å². The van der Waals surface area contributed by atoms with Crippen LogP contribution in [0.25, 0.3) is 0 Å². The fourth-order valence-corrected chi connectivity index (χ4v) is 2.38. The van der Waals surface area contributed by atoms with Crippen LogP contribution in [0.5, 0.6) is 0 Å². The summed E-state index contributed by atoms with van der Waals surface area (Å²) in [6, 6.07) is 5.43. The molecule has 0 saturated heterocycles. The van der Waals surface area contributed by atoms with Gasteiger partial charge in [-0.25, -0.2) is 13.1 Å². The number of rotatable bonds is 6. The minimum absolute atomic E-state index is 0.154. The Morgan fingerprint density at radius 1 is 1.32 bits per heavy atom. The average molecular weight is 349 g/mol. The number of hydrogen-bond donors (Lipinski definition) is 2. The lowest BCUT2D eigenvalue weighted by Gasteiger charge is -2.09. The van der Waals surface area contributed by atoms with Crippen molar-refractivity contribution in [2.24, 2.45) is 0 Å². The first-order valence-corrected chi connectivity index (χ1v) is 8.47. The zero-order valence-corrected chi connectivity index (χ0v) is 13.3. The van der Waals surface area contributed by atoms with Crippen molar-refractivity contribution >= 4 is 31.9 Å². The molecule has 7 heteroatoms. The molecule has 0 unspecified atom stereocenters. The van der Waals surface area contributed by atoms with E-state index in [4.69, 9.17) is 0 Å². The molecule has 5 nitrogen and oxygen atoms in total. The monoisotopic (exact) mass is 348 g/mol. The minimum atomic E-state index is -3.16. The van der Waals surface area contributed by atoms with E-state index >= 15 is 0 Å². The van der Waals surface area contributed by atoms with Crippen LogP contribution in [0.2, 0.25) is 0 Å². The summed E-state index contributed by atoms with van der Waals surface area (Å²) < 4.78 is 24.9. The Balaban J connectivity index is 2.42. The molecule has 2 N–H and O–H groups in total.